The molecule has 1 aliphatic rings. The van der Waals surface area contributed by atoms with Gasteiger partial charge in [0.15, 0.2) is 0 Å². The van der Waals surface area contributed by atoms with Gasteiger partial charge in [0.2, 0.25) is 5.91 Å². The zero-order valence-corrected chi connectivity index (χ0v) is 20.7. The number of benzene rings is 2. The lowest BCUT2D eigenvalue weighted by Gasteiger charge is -2.28. The van der Waals surface area contributed by atoms with E-state index in [1.807, 2.05) is 37.3 Å². The SMILES string of the molecule is CCCCOC(=O)[C@H](CCc1ccccc1)N[C@@H]1CC[C@@H](c2ccc(F)cc2)C(=O)N(CC(=O)O)C1. The monoisotopic (exact) mass is 498 g/mol. The van der Waals surface area contributed by atoms with Gasteiger partial charge in [0.25, 0.3) is 0 Å². The number of aliphatic carboxylic acids is 1. The van der Waals surface area contributed by atoms with Gasteiger partial charge >= 0.3 is 11.9 Å². The van der Waals surface area contributed by atoms with E-state index in [4.69, 9.17) is 4.74 Å². The van der Waals surface area contributed by atoms with Crippen LogP contribution in [0, 0.1) is 5.82 Å². The summed E-state index contributed by atoms with van der Waals surface area (Å²) in [7, 11) is 0. The number of esters is 1. The highest BCUT2D eigenvalue weighted by Crippen LogP contribution is 2.28. The molecule has 0 radical (unpaired) electrons. The lowest BCUT2D eigenvalue weighted by atomic mass is 9.92. The highest BCUT2D eigenvalue weighted by molar-refractivity contribution is 5.87. The molecular weight excluding hydrogens is 463 g/mol. The third-order valence-corrected chi connectivity index (χ3v) is 6.48. The van der Waals surface area contributed by atoms with E-state index in [0.717, 1.165) is 18.4 Å². The number of likely N-dealkylation sites (tertiary alicyclic amines) is 1. The highest BCUT2D eigenvalue weighted by Gasteiger charge is 2.34. The number of carboxylic acid groups (broad SMARTS) is 1. The van der Waals surface area contributed by atoms with Gasteiger partial charge in [-0.3, -0.25) is 19.7 Å². The summed E-state index contributed by atoms with van der Waals surface area (Å²) in [5.41, 5.74) is 1.75. The minimum atomic E-state index is -1.11. The Hall–Kier alpha value is -3.26. The predicted octanol–water partition coefficient (Wildman–Crippen LogP) is 3.92. The van der Waals surface area contributed by atoms with Crippen molar-refractivity contribution in [3.63, 3.8) is 0 Å². The molecule has 2 aromatic rings. The van der Waals surface area contributed by atoms with Crippen molar-refractivity contribution in [2.45, 2.75) is 63.5 Å². The molecule has 3 atom stereocenters. The summed E-state index contributed by atoms with van der Waals surface area (Å²) in [5.74, 6) is -2.73. The average molecular weight is 499 g/mol. The second-order valence-electron chi connectivity index (χ2n) is 9.26. The first-order valence-corrected chi connectivity index (χ1v) is 12.6. The predicted molar refractivity (Wildman–Crippen MR) is 134 cm³/mol. The summed E-state index contributed by atoms with van der Waals surface area (Å²) in [4.78, 5) is 39.0. The molecule has 0 bridgehead atoms. The van der Waals surface area contributed by atoms with Crippen LogP contribution in [0.3, 0.4) is 0 Å². The van der Waals surface area contributed by atoms with Gasteiger partial charge in [-0.15, -0.1) is 0 Å². The lowest BCUT2D eigenvalue weighted by molar-refractivity contribution is -0.147. The maximum absolute atomic E-state index is 13.4. The van der Waals surface area contributed by atoms with Crippen molar-refractivity contribution in [3.05, 3.63) is 71.5 Å². The second-order valence-corrected chi connectivity index (χ2v) is 9.26. The Kier molecular flexibility index (Phi) is 10.4. The Morgan fingerprint density at radius 1 is 1.14 bits per heavy atom. The van der Waals surface area contributed by atoms with E-state index in [9.17, 15) is 23.9 Å². The molecule has 8 heteroatoms. The van der Waals surface area contributed by atoms with Gasteiger partial charge in [-0.1, -0.05) is 55.8 Å². The van der Waals surface area contributed by atoms with Crippen LogP contribution in [0.25, 0.3) is 0 Å². The van der Waals surface area contributed by atoms with Crippen LogP contribution in [0.1, 0.15) is 56.1 Å². The number of halogens is 1. The minimum absolute atomic E-state index is 0.160. The topological polar surface area (TPSA) is 95.9 Å². The summed E-state index contributed by atoms with van der Waals surface area (Å²) in [6.45, 7) is 2.09. The van der Waals surface area contributed by atoms with Crippen LogP contribution < -0.4 is 5.32 Å². The largest absolute Gasteiger partial charge is 0.480 e. The number of unbranched alkanes of at least 4 members (excludes halogenated alkanes) is 1. The van der Waals surface area contributed by atoms with Crippen LogP contribution in [0.15, 0.2) is 54.6 Å². The smallest absolute Gasteiger partial charge is 0.323 e. The molecule has 1 fully saturated rings. The Morgan fingerprint density at radius 3 is 2.53 bits per heavy atom. The number of rotatable bonds is 12. The number of nitrogens with zero attached hydrogens (tertiary/aromatic N) is 1. The van der Waals surface area contributed by atoms with Crippen LogP contribution in [0.5, 0.6) is 0 Å². The molecule has 0 spiro atoms. The second kappa shape index (κ2) is 13.7. The number of aryl methyl sites for hydroxylation is 1. The van der Waals surface area contributed by atoms with Crippen molar-refractivity contribution in [2.75, 3.05) is 19.7 Å². The van der Waals surface area contributed by atoms with Crippen LogP contribution in [-0.4, -0.2) is 59.6 Å². The summed E-state index contributed by atoms with van der Waals surface area (Å²) in [6.07, 6.45) is 3.88. The molecule has 1 amide bonds. The fourth-order valence-electron chi connectivity index (χ4n) is 4.53. The van der Waals surface area contributed by atoms with Gasteiger partial charge in [0, 0.05) is 12.6 Å². The first kappa shape index (κ1) is 27.3. The van der Waals surface area contributed by atoms with Gasteiger partial charge < -0.3 is 14.7 Å². The van der Waals surface area contributed by atoms with Crippen molar-refractivity contribution < 1.29 is 28.6 Å². The van der Waals surface area contributed by atoms with E-state index in [1.54, 1.807) is 12.1 Å². The Bertz CT molecular complexity index is 999. The van der Waals surface area contributed by atoms with Crippen LogP contribution in [-0.2, 0) is 25.5 Å². The Labute approximate surface area is 211 Å². The molecule has 2 N–H and O–H groups in total. The van der Waals surface area contributed by atoms with Gasteiger partial charge in [0.1, 0.15) is 18.4 Å². The molecule has 0 unspecified atom stereocenters. The average Bonchev–Trinajstić information content (AvgIpc) is 3.01. The summed E-state index contributed by atoms with van der Waals surface area (Å²) < 4.78 is 18.9. The molecule has 194 valence electrons. The number of amides is 1. The molecule has 36 heavy (non-hydrogen) atoms. The summed E-state index contributed by atoms with van der Waals surface area (Å²) in [5, 5.41) is 12.8. The van der Waals surface area contributed by atoms with Crippen LogP contribution >= 0.6 is 0 Å². The molecule has 0 saturated carbocycles. The zero-order valence-electron chi connectivity index (χ0n) is 20.7. The third-order valence-electron chi connectivity index (χ3n) is 6.48. The molecule has 1 aliphatic heterocycles. The normalized spacial score (nSPS) is 18.9. The number of ether oxygens (including phenoxy) is 1. The molecule has 1 saturated heterocycles. The summed E-state index contributed by atoms with van der Waals surface area (Å²) >= 11 is 0. The number of hydrogen-bond acceptors (Lipinski definition) is 5. The van der Waals surface area contributed by atoms with Crippen molar-refractivity contribution in [1.29, 1.82) is 0 Å². The maximum Gasteiger partial charge on any atom is 0.323 e. The standard InChI is InChI=1S/C28H35FN2O5/c1-2-3-17-36-28(35)25(16-9-20-7-5-4-6-8-20)30-23-14-15-24(21-10-12-22(29)13-11-21)27(34)31(18-23)19-26(32)33/h4-8,10-13,23-25,30H,2-3,9,14-19H2,1H3,(H,32,33)/t23-,24+,25+/m1/s1. The van der Waals surface area contributed by atoms with Gasteiger partial charge in [0.05, 0.1) is 12.5 Å². The minimum Gasteiger partial charge on any atom is -0.480 e. The van der Waals surface area contributed by atoms with E-state index in [-0.39, 0.29) is 24.5 Å². The van der Waals surface area contributed by atoms with E-state index >= 15 is 0 Å². The van der Waals surface area contributed by atoms with Crippen LogP contribution in [0.2, 0.25) is 0 Å². The fraction of sp³-hybridized carbons (Fsp3) is 0.464. The Morgan fingerprint density at radius 2 is 1.86 bits per heavy atom. The zero-order chi connectivity index (χ0) is 25.9. The third kappa shape index (κ3) is 8.16. The number of carboxylic acids is 1. The molecule has 1 heterocycles. The van der Waals surface area contributed by atoms with E-state index < -0.39 is 30.3 Å². The maximum atomic E-state index is 13.4. The van der Waals surface area contributed by atoms with Crippen LogP contribution in [0.4, 0.5) is 4.39 Å². The quantitative estimate of drug-likeness (QED) is 0.340. The molecular formula is C28H35FN2O5. The first-order valence-electron chi connectivity index (χ1n) is 12.6. The van der Waals surface area contributed by atoms with Crippen molar-refractivity contribution in [3.8, 4) is 0 Å². The first-order chi connectivity index (χ1) is 17.4. The van der Waals surface area contributed by atoms with E-state index in [2.05, 4.69) is 5.32 Å². The molecule has 0 aromatic heterocycles. The van der Waals surface area contributed by atoms with E-state index in [0.29, 0.717) is 37.9 Å². The fourth-order valence-corrected chi connectivity index (χ4v) is 4.53. The van der Waals surface area contributed by atoms with Gasteiger partial charge in [-0.2, -0.15) is 0 Å². The molecule has 0 aliphatic carbocycles. The number of carbonyl (C=O) groups excluding carboxylic acids is 2. The van der Waals surface area contributed by atoms with Crippen molar-refractivity contribution in [1.82, 2.24) is 10.2 Å². The van der Waals surface area contributed by atoms with Gasteiger partial charge in [-0.25, -0.2) is 4.39 Å². The summed E-state index contributed by atoms with van der Waals surface area (Å²) in [6, 6.07) is 14.7. The molecule has 2 aromatic carbocycles. The number of hydrogen-bond donors (Lipinski definition) is 2. The van der Waals surface area contributed by atoms with E-state index in [1.165, 1.54) is 17.0 Å². The van der Waals surface area contributed by atoms with Crippen molar-refractivity contribution >= 4 is 17.8 Å². The lowest BCUT2D eigenvalue weighted by Crippen LogP contribution is -2.50. The molecule has 3 rings (SSSR count). The number of carbonyl (C=O) groups is 3. The Balaban J connectivity index is 1.76. The number of nitrogens with one attached hydrogen (secondary N) is 1. The highest BCUT2D eigenvalue weighted by atomic mass is 19.1. The van der Waals surface area contributed by atoms with Gasteiger partial charge in [-0.05, 0) is 55.4 Å². The molecule has 7 nitrogen and oxygen atoms in total. The van der Waals surface area contributed by atoms with Crippen molar-refractivity contribution in [2.24, 2.45) is 0 Å².